The Morgan fingerprint density at radius 1 is 1.09 bits per heavy atom. The van der Waals surface area contributed by atoms with E-state index in [4.69, 9.17) is 19.2 Å². The maximum atomic E-state index is 14.7. The number of methoxy groups -OCH3 is 1. The van der Waals surface area contributed by atoms with Crippen LogP contribution in [-0.2, 0) is 28.7 Å². The van der Waals surface area contributed by atoms with Crippen LogP contribution in [0.15, 0.2) is 40.7 Å². The standard InChI is InChI=1S/C42H52BrN5O8S/c1-9-24-19-42(24,23(4)49)47-38(52)31-16-26(20-48(31)39(53)28(41(5,6)7)17-34(50)56-25-12-10-11-13-25)55-33-18-29(30-21-57-40(45-30)46-37(51)22(2)3)44-36-27(33)14-15-32(54-8)35(36)43/h9,14-15,18,21-22,24-26,28,31H,1,10-13,16-17,19-20H2,2-8H3,(H,47,52)(H,45,46,51)/t24?,26-,28-,31?,42+/m1/s1. The molecule has 1 saturated heterocycles. The predicted octanol–water partition coefficient (Wildman–Crippen LogP) is 7.26. The molecule has 3 heterocycles. The van der Waals surface area contributed by atoms with Gasteiger partial charge in [-0.3, -0.25) is 24.0 Å². The number of ketones is 1. The minimum atomic E-state index is -1.08. The second-order valence-electron chi connectivity index (χ2n) is 16.7. The maximum Gasteiger partial charge on any atom is 0.306 e. The number of benzene rings is 1. The van der Waals surface area contributed by atoms with Gasteiger partial charge in [-0.05, 0) is 72.5 Å². The Bertz CT molecular complexity index is 2070. The fourth-order valence-electron chi connectivity index (χ4n) is 7.73. The van der Waals surface area contributed by atoms with Gasteiger partial charge in [0, 0.05) is 35.1 Å². The van der Waals surface area contributed by atoms with Crippen LogP contribution in [0.25, 0.3) is 22.3 Å². The predicted molar refractivity (Wildman–Crippen MR) is 221 cm³/mol. The van der Waals surface area contributed by atoms with Gasteiger partial charge in [0.2, 0.25) is 17.7 Å². The lowest BCUT2D eigenvalue weighted by Crippen LogP contribution is -2.54. The third-order valence-corrected chi connectivity index (χ3v) is 12.8. The number of anilines is 1. The van der Waals surface area contributed by atoms with Crippen molar-refractivity contribution in [2.75, 3.05) is 19.0 Å². The van der Waals surface area contributed by atoms with Crippen molar-refractivity contribution in [1.82, 2.24) is 20.2 Å². The molecule has 3 amide bonds. The summed E-state index contributed by atoms with van der Waals surface area (Å²) >= 11 is 4.92. The highest BCUT2D eigenvalue weighted by Gasteiger charge is 2.59. The highest BCUT2D eigenvalue weighted by atomic mass is 79.9. The number of rotatable bonds is 14. The average molecular weight is 867 g/mol. The molecule has 2 aliphatic carbocycles. The number of ether oxygens (including phenoxy) is 3. The van der Waals surface area contributed by atoms with Gasteiger partial charge in [0.05, 0.1) is 41.7 Å². The number of Topliss-reactive ketones (excluding diaryl/α,β-unsaturated/α-hetero) is 1. The van der Waals surface area contributed by atoms with Gasteiger partial charge in [-0.15, -0.1) is 17.9 Å². The molecule has 1 aliphatic heterocycles. The number of amides is 3. The van der Waals surface area contributed by atoms with Crippen molar-refractivity contribution in [3.05, 3.63) is 40.7 Å². The molecule has 57 heavy (non-hydrogen) atoms. The Balaban J connectivity index is 1.34. The summed E-state index contributed by atoms with van der Waals surface area (Å²) in [6.45, 7) is 14.6. The number of carbonyl (C=O) groups is 5. The first kappa shape index (κ1) is 42.2. The van der Waals surface area contributed by atoms with Gasteiger partial charge in [0.25, 0.3) is 0 Å². The van der Waals surface area contributed by atoms with Crippen molar-refractivity contribution in [1.29, 1.82) is 0 Å². The van der Waals surface area contributed by atoms with Gasteiger partial charge < -0.3 is 29.7 Å². The number of likely N-dealkylation sites (tertiary alicyclic amines) is 1. The first-order valence-electron chi connectivity index (χ1n) is 19.5. The van der Waals surface area contributed by atoms with E-state index in [9.17, 15) is 24.0 Å². The Morgan fingerprint density at radius 3 is 2.42 bits per heavy atom. The van der Waals surface area contributed by atoms with Crippen LogP contribution >= 0.6 is 27.3 Å². The third kappa shape index (κ3) is 9.04. The van der Waals surface area contributed by atoms with E-state index >= 15 is 0 Å². The molecule has 1 aromatic carbocycles. The zero-order chi connectivity index (χ0) is 41.4. The molecule has 2 saturated carbocycles. The molecule has 15 heteroatoms. The number of fused-ring (bicyclic) bond motifs is 1. The molecule has 3 aromatic rings. The van der Waals surface area contributed by atoms with Gasteiger partial charge in [-0.1, -0.05) is 40.7 Å². The van der Waals surface area contributed by atoms with Gasteiger partial charge in [-0.25, -0.2) is 9.97 Å². The van der Waals surface area contributed by atoms with Crippen molar-refractivity contribution < 1.29 is 38.2 Å². The lowest BCUT2D eigenvalue weighted by atomic mass is 9.77. The second-order valence-corrected chi connectivity index (χ2v) is 18.4. The van der Waals surface area contributed by atoms with Crippen LogP contribution in [-0.4, -0.2) is 81.8 Å². The summed E-state index contributed by atoms with van der Waals surface area (Å²) in [5.41, 5.74) is -0.226. The largest absolute Gasteiger partial charge is 0.495 e. The summed E-state index contributed by atoms with van der Waals surface area (Å²) in [5, 5.41) is 8.68. The van der Waals surface area contributed by atoms with Gasteiger partial charge >= 0.3 is 5.97 Å². The highest BCUT2D eigenvalue weighted by Crippen LogP contribution is 2.46. The lowest BCUT2D eigenvalue weighted by Gasteiger charge is -2.35. The summed E-state index contributed by atoms with van der Waals surface area (Å²) in [6.07, 6.45) is 4.88. The molecule has 2 N–H and O–H groups in total. The molecule has 306 valence electrons. The molecule has 2 aromatic heterocycles. The number of halogens is 1. The summed E-state index contributed by atoms with van der Waals surface area (Å²) in [6, 6.07) is 4.37. The van der Waals surface area contributed by atoms with E-state index in [1.54, 1.807) is 44.5 Å². The molecule has 2 unspecified atom stereocenters. The number of aromatic nitrogens is 2. The molecule has 0 spiro atoms. The number of hydrogen-bond donors (Lipinski definition) is 2. The van der Waals surface area contributed by atoms with Crippen molar-refractivity contribution in [3.63, 3.8) is 0 Å². The molecule has 13 nitrogen and oxygen atoms in total. The van der Waals surface area contributed by atoms with Crippen LogP contribution in [0.4, 0.5) is 5.13 Å². The van der Waals surface area contributed by atoms with Crippen LogP contribution in [0.3, 0.4) is 0 Å². The number of nitrogens with one attached hydrogen (secondary N) is 2. The van der Waals surface area contributed by atoms with Crippen LogP contribution < -0.4 is 20.1 Å². The van der Waals surface area contributed by atoms with Crippen LogP contribution in [0, 0.1) is 23.2 Å². The molecule has 0 radical (unpaired) electrons. The normalized spacial score (nSPS) is 22.6. The number of carbonyl (C=O) groups excluding carboxylic acids is 5. The quantitative estimate of drug-likeness (QED) is 0.124. The number of nitrogens with zero attached hydrogens (tertiary/aromatic N) is 3. The molecule has 5 atom stereocenters. The lowest BCUT2D eigenvalue weighted by molar-refractivity contribution is -0.156. The van der Waals surface area contributed by atoms with E-state index < -0.39 is 40.9 Å². The molecular weight excluding hydrogens is 814 g/mol. The maximum absolute atomic E-state index is 14.7. The van der Waals surface area contributed by atoms with Crippen molar-refractivity contribution in [3.8, 4) is 22.9 Å². The zero-order valence-corrected chi connectivity index (χ0v) is 36.0. The molecule has 0 bridgehead atoms. The summed E-state index contributed by atoms with van der Waals surface area (Å²) in [4.78, 5) is 78.6. The second kappa shape index (κ2) is 16.8. The molecule has 3 fully saturated rings. The monoisotopic (exact) mass is 865 g/mol. The van der Waals surface area contributed by atoms with Gasteiger partial charge in [0.15, 0.2) is 10.9 Å². The van der Waals surface area contributed by atoms with Crippen molar-refractivity contribution >= 4 is 72.8 Å². The third-order valence-electron chi connectivity index (χ3n) is 11.3. The van der Waals surface area contributed by atoms with E-state index in [2.05, 4.69) is 38.1 Å². The number of esters is 1. The minimum Gasteiger partial charge on any atom is -0.495 e. The van der Waals surface area contributed by atoms with Crippen LogP contribution in [0.5, 0.6) is 11.5 Å². The number of hydrogen-bond acceptors (Lipinski definition) is 11. The van der Waals surface area contributed by atoms with Gasteiger partial charge in [0.1, 0.15) is 41.0 Å². The molecular formula is C42H52BrN5O8S. The van der Waals surface area contributed by atoms with E-state index in [1.807, 2.05) is 26.8 Å². The van der Waals surface area contributed by atoms with E-state index in [-0.39, 0.29) is 54.9 Å². The zero-order valence-electron chi connectivity index (χ0n) is 33.6. The molecule has 6 rings (SSSR count). The SMILES string of the molecule is C=CC1C[C@]1(NC(=O)C1C[C@@H](Oc2cc(-c3csc(NC(=O)C(C)C)n3)nc3c(Br)c(OC)ccc23)CN1C(=O)[C@@H](CC(=O)OC1CCCC1)C(C)(C)C)C(C)=O. The number of pyridine rings is 1. The Kier molecular flexibility index (Phi) is 12.5. The Hall–Kier alpha value is -4.37. The Morgan fingerprint density at radius 2 is 1.81 bits per heavy atom. The van der Waals surface area contributed by atoms with Crippen molar-refractivity contribution in [2.24, 2.45) is 23.2 Å². The van der Waals surface area contributed by atoms with E-state index in [0.29, 0.717) is 49.8 Å². The Labute approximate surface area is 345 Å². The smallest absolute Gasteiger partial charge is 0.306 e. The van der Waals surface area contributed by atoms with Gasteiger partial charge in [-0.2, -0.15) is 0 Å². The summed E-state index contributed by atoms with van der Waals surface area (Å²) < 4.78 is 18.7. The topological polar surface area (TPSA) is 166 Å². The number of thiazole rings is 1. The fourth-order valence-corrected chi connectivity index (χ4v) is 9.03. The summed E-state index contributed by atoms with van der Waals surface area (Å²) in [7, 11) is 1.56. The van der Waals surface area contributed by atoms with E-state index in [1.165, 1.54) is 23.2 Å². The first-order valence-corrected chi connectivity index (χ1v) is 21.2. The van der Waals surface area contributed by atoms with Crippen LogP contribution in [0.1, 0.15) is 86.5 Å². The average Bonchev–Trinajstić information content (AvgIpc) is 3.57. The molecule has 3 aliphatic rings. The summed E-state index contributed by atoms with van der Waals surface area (Å²) in [5.74, 6) is -1.87. The van der Waals surface area contributed by atoms with Crippen LogP contribution in [0.2, 0.25) is 0 Å². The minimum absolute atomic E-state index is 0.0394. The highest BCUT2D eigenvalue weighted by molar-refractivity contribution is 9.10. The van der Waals surface area contributed by atoms with Crippen molar-refractivity contribution in [2.45, 2.75) is 110 Å². The fraction of sp³-hybridized carbons (Fsp3) is 0.548. The first-order chi connectivity index (χ1) is 26.9. The van der Waals surface area contributed by atoms with E-state index in [0.717, 1.165) is 25.7 Å².